The summed E-state index contributed by atoms with van der Waals surface area (Å²) in [5, 5.41) is 4.32. The third-order valence-corrected chi connectivity index (χ3v) is 3.09. The highest BCUT2D eigenvalue weighted by molar-refractivity contribution is 6.33. The van der Waals surface area contributed by atoms with Gasteiger partial charge in [0, 0.05) is 5.56 Å². The van der Waals surface area contributed by atoms with Crippen LogP contribution in [0.2, 0.25) is 5.02 Å². The van der Waals surface area contributed by atoms with Crippen molar-refractivity contribution in [2.75, 3.05) is 6.61 Å². The lowest BCUT2D eigenvalue weighted by molar-refractivity contribution is 0.0955. The van der Waals surface area contributed by atoms with Crippen LogP contribution in [0.4, 0.5) is 0 Å². The molecule has 0 fully saturated rings. The summed E-state index contributed by atoms with van der Waals surface area (Å²) in [6, 6.07) is 14.2. The fourth-order valence-corrected chi connectivity index (χ4v) is 1.95. The lowest BCUT2D eigenvalue weighted by atomic mass is 10.2. The molecule has 0 bridgehead atoms. The van der Waals surface area contributed by atoms with Crippen LogP contribution in [-0.4, -0.2) is 18.7 Å². The van der Waals surface area contributed by atoms with E-state index in [-0.39, 0.29) is 5.91 Å². The molecular formula is C17H15ClN2O2. The molecule has 1 amide bonds. The molecule has 0 aliphatic carbocycles. The topological polar surface area (TPSA) is 50.7 Å². The van der Waals surface area contributed by atoms with Gasteiger partial charge in [-0.25, -0.2) is 5.43 Å². The molecule has 0 aromatic heterocycles. The van der Waals surface area contributed by atoms with Crippen LogP contribution in [0.3, 0.4) is 0 Å². The zero-order valence-corrected chi connectivity index (χ0v) is 12.6. The first-order chi connectivity index (χ1) is 10.7. The lowest BCUT2D eigenvalue weighted by Gasteiger charge is -2.06. The molecule has 0 saturated carbocycles. The number of hydrogen-bond acceptors (Lipinski definition) is 3. The molecule has 0 radical (unpaired) electrons. The molecule has 22 heavy (non-hydrogen) atoms. The molecule has 2 rings (SSSR count). The molecule has 0 unspecified atom stereocenters. The van der Waals surface area contributed by atoms with Gasteiger partial charge in [-0.3, -0.25) is 4.79 Å². The first kappa shape index (κ1) is 15.8. The number of hydrazone groups is 1. The maximum absolute atomic E-state index is 12.0. The minimum Gasteiger partial charge on any atom is -0.489 e. The zero-order chi connectivity index (χ0) is 15.8. The fourth-order valence-electron chi connectivity index (χ4n) is 1.73. The molecule has 2 aromatic carbocycles. The second-order valence-electron chi connectivity index (χ2n) is 4.32. The quantitative estimate of drug-likeness (QED) is 0.502. The van der Waals surface area contributed by atoms with Crippen molar-refractivity contribution in [2.24, 2.45) is 5.10 Å². The predicted octanol–water partition coefficient (Wildman–Crippen LogP) is 3.67. The molecule has 2 aromatic rings. The predicted molar refractivity (Wildman–Crippen MR) is 88.6 cm³/mol. The van der Waals surface area contributed by atoms with Crippen LogP contribution < -0.4 is 10.2 Å². The second-order valence-corrected chi connectivity index (χ2v) is 4.72. The minimum atomic E-state index is -0.369. The molecule has 0 aliphatic heterocycles. The smallest absolute Gasteiger partial charge is 0.272 e. The average molecular weight is 315 g/mol. The second kappa shape index (κ2) is 8.00. The molecule has 0 spiro atoms. The fraction of sp³-hybridized carbons (Fsp3) is 0.0588. The van der Waals surface area contributed by atoms with Gasteiger partial charge in [0.1, 0.15) is 12.4 Å². The van der Waals surface area contributed by atoms with Gasteiger partial charge in [-0.05, 0) is 24.3 Å². The van der Waals surface area contributed by atoms with E-state index in [9.17, 15) is 4.79 Å². The van der Waals surface area contributed by atoms with Crippen LogP contribution in [0.1, 0.15) is 15.9 Å². The van der Waals surface area contributed by atoms with Crippen molar-refractivity contribution >= 4 is 23.7 Å². The molecule has 0 saturated heterocycles. The third-order valence-electron chi connectivity index (χ3n) is 2.76. The number of rotatable bonds is 6. The summed E-state index contributed by atoms with van der Waals surface area (Å²) in [5.41, 5.74) is 3.57. The van der Waals surface area contributed by atoms with Crippen LogP contribution >= 0.6 is 11.6 Å². The Morgan fingerprint density at radius 3 is 2.73 bits per heavy atom. The molecule has 0 aliphatic rings. The normalized spacial score (nSPS) is 10.4. The highest BCUT2D eigenvalue weighted by atomic mass is 35.5. The van der Waals surface area contributed by atoms with Gasteiger partial charge in [-0.15, -0.1) is 0 Å². The highest BCUT2D eigenvalue weighted by Gasteiger charge is 2.08. The van der Waals surface area contributed by atoms with Crippen LogP contribution in [0, 0.1) is 0 Å². The number of hydrogen-bond donors (Lipinski definition) is 1. The Balaban J connectivity index is 2.05. The molecule has 4 nitrogen and oxygen atoms in total. The van der Waals surface area contributed by atoms with Crippen LogP contribution in [0.25, 0.3) is 0 Å². The summed E-state index contributed by atoms with van der Waals surface area (Å²) in [6.45, 7) is 4.00. The Morgan fingerprint density at radius 1 is 1.23 bits per heavy atom. The van der Waals surface area contributed by atoms with Crippen LogP contribution in [0.5, 0.6) is 5.75 Å². The van der Waals surface area contributed by atoms with E-state index in [2.05, 4.69) is 17.1 Å². The van der Waals surface area contributed by atoms with E-state index in [0.717, 1.165) is 5.56 Å². The number of carbonyl (C=O) groups is 1. The Hall–Kier alpha value is -2.59. The van der Waals surface area contributed by atoms with Crippen molar-refractivity contribution in [3.63, 3.8) is 0 Å². The number of carbonyl (C=O) groups excluding carboxylic acids is 1. The van der Waals surface area contributed by atoms with Gasteiger partial charge in [-0.1, -0.05) is 48.5 Å². The van der Waals surface area contributed by atoms with Gasteiger partial charge in [0.2, 0.25) is 0 Å². The lowest BCUT2D eigenvalue weighted by Crippen LogP contribution is -2.18. The Kier molecular flexibility index (Phi) is 5.74. The van der Waals surface area contributed by atoms with Crippen molar-refractivity contribution < 1.29 is 9.53 Å². The van der Waals surface area contributed by atoms with E-state index in [1.807, 2.05) is 24.3 Å². The number of halogens is 1. The number of benzene rings is 2. The Labute approximate surface area is 134 Å². The van der Waals surface area contributed by atoms with Crippen molar-refractivity contribution in [3.05, 3.63) is 77.3 Å². The first-order valence-corrected chi connectivity index (χ1v) is 7.01. The van der Waals surface area contributed by atoms with Gasteiger partial charge in [0.05, 0.1) is 16.8 Å². The number of para-hydroxylation sites is 1. The Bertz CT molecular complexity index is 699. The van der Waals surface area contributed by atoms with Crippen molar-refractivity contribution in [1.82, 2.24) is 5.43 Å². The summed E-state index contributed by atoms with van der Waals surface area (Å²) >= 11 is 5.96. The Morgan fingerprint density at radius 2 is 1.95 bits per heavy atom. The summed E-state index contributed by atoms with van der Waals surface area (Å²) < 4.78 is 5.50. The largest absolute Gasteiger partial charge is 0.489 e. The van der Waals surface area contributed by atoms with Crippen LogP contribution in [-0.2, 0) is 0 Å². The van der Waals surface area contributed by atoms with E-state index < -0.39 is 0 Å². The summed E-state index contributed by atoms with van der Waals surface area (Å²) in [7, 11) is 0. The summed E-state index contributed by atoms with van der Waals surface area (Å²) in [5.74, 6) is 0.296. The molecule has 1 N–H and O–H groups in total. The van der Waals surface area contributed by atoms with E-state index in [4.69, 9.17) is 16.3 Å². The third kappa shape index (κ3) is 4.20. The molecule has 5 heteroatoms. The number of nitrogens with one attached hydrogen (secondary N) is 1. The average Bonchev–Trinajstić information content (AvgIpc) is 2.54. The standard InChI is InChI=1S/C17H15ClN2O2/c1-2-11-22-16-10-6-3-7-13(16)12-19-20-17(21)14-8-4-5-9-15(14)18/h2-10,12H,1,11H2,(H,20,21)/b19-12+. The van der Waals surface area contributed by atoms with Crippen molar-refractivity contribution in [2.45, 2.75) is 0 Å². The summed E-state index contributed by atoms with van der Waals surface area (Å²) in [4.78, 5) is 12.0. The van der Waals surface area contributed by atoms with Gasteiger partial charge in [0.25, 0.3) is 5.91 Å². The SMILES string of the molecule is C=CCOc1ccccc1/C=N/NC(=O)c1ccccc1Cl. The van der Waals surface area contributed by atoms with Gasteiger partial charge in [0.15, 0.2) is 0 Å². The molecular weight excluding hydrogens is 300 g/mol. The van der Waals surface area contributed by atoms with Crippen molar-refractivity contribution in [3.8, 4) is 5.75 Å². The monoisotopic (exact) mass is 314 g/mol. The van der Waals surface area contributed by atoms with E-state index in [0.29, 0.717) is 22.9 Å². The van der Waals surface area contributed by atoms with Crippen molar-refractivity contribution in [1.29, 1.82) is 0 Å². The minimum absolute atomic E-state index is 0.369. The maximum atomic E-state index is 12.0. The maximum Gasteiger partial charge on any atom is 0.272 e. The molecule has 0 heterocycles. The molecule has 0 atom stereocenters. The highest BCUT2D eigenvalue weighted by Crippen LogP contribution is 2.16. The van der Waals surface area contributed by atoms with Crippen LogP contribution in [0.15, 0.2) is 66.3 Å². The first-order valence-electron chi connectivity index (χ1n) is 6.63. The van der Waals surface area contributed by atoms with E-state index in [1.54, 1.807) is 30.3 Å². The summed E-state index contributed by atoms with van der Waals surface area (Å²) in [6.07, 6.45) is 3.18. The number of ether oxygens (including phenoxy) is 1. The molecule has 112 valence electrons. The van der Waals surface area contributed by atoms with Gasteiger partial charge >= 0.3 is 0 Å². The van der Waals surface area contributed by atoms with E-state index in [1.165, 1.54) is 6.21 Å². The number of amides is 1. The zero-order valence-electron chi connectivity index (χ0n) is 11.8. The van der Waals surface area contributed by atoms with E-state index >= 15 is 0 Å². The number of nitrogens with zero attached hydrogens (tertiary/aromatic N) is 1. The van der Waals surface area contributed by atoms with Gasteiger partial charge < -0.3 is 4.74 Å². The van der Waals surface area contributed by atoms with Gasteiger partial charge in [-0.2, -0.15) is 5.10 Å².